The molecule has 0 atom stereocenters. The maximum absolute atomic E-state index is 12.1. The molecule has 0 saturated carbocycles. The quantitative estimate of drug-likeness (QED) is 0.255. The van der Waals surface area contributed by atoms with Gasteiger partial charge in [-0.2, -0.15) is 5.10 Å². The normalized spacial score (nSPS) is 14.5. The van der Waals surface area contributed by atoms with E-state index in [0.717, 1.165) is 27.8 Å². The molecule has 1 heterocycles. The molecule has 2 aromatic carbocycles. The minimum absolute atomic E-state index is 0.143. The summed E-state index contributed by atoms with van der Waals surface area (Å²) in [5.74, 6) is 1.21. The van der Waals surface area contributed by atoms with Crippen molar-refractivity contribution in [2.24, 2.45) is 5.10 Å². The van der Waals surface area contributed by atoms with Crippen LogP contribution in [0.4, 0.5) is 0 Å². The highest BCUT2D eigenvalue weighted by Gasteiger charge is 2.14. The fourth-order valence-corrected chi connectivity index (χ4v) is 4.12. The summed E-state index contributed by atoms with van der Waals surface area (Å²) in [6.07, 6.45) is 1.62. The Morgan fingerprint density at radius 3 is 2.65 bits per heavy atom. The van der Waals surface area contributed by atoms with Crippen LogP contribution in [0.3, 0.4) is 0 Å². The summed E-state index contributed by atoms with van der Waals surface area (Å²) in [4.78, 5) is 14.1. The molecule has 1 fully saturated rings. The zero-order valence-electron chi connectivity index (χ0n) is 17.3. The van der Waals surface area contributed by atoms with E-state index < -0.39 is 0 Å². The first-order chi connectivity index (χ1) is 15.0. The van der Waals surface area contributed by atoms with E-state index in [2.05, 4.69) is 80.0 Å². The van der Waals surface area contributed by atoms with Crippen LogP contribution in [0.2, 0.25) is 0 Å². The molecule has 1 aliphatic heterocycles. The molecule has 1 aliphatic rings. The van der Waals surface area contributed by atoms with Gasteiger partial charge in [0, 0.05) is 16.7 Å². The predicted octanol–water partition coefficient (Wildman–Crippen LogP) is 3.66. The van der Waals surface area contributed by atoms with Gasteiger partial charge in [-0.25, -0.2) is 5.43 Å². The van der Waals surface area contributed by atoms with Crippen LogP contribution in [0.15, 0.2) is 41.5 Å². The largest absolute Gasteiger partial charge is 0.490 e. The van der Waals surface area contributed by atoms with Crippen molar-refractivity contribution < 1.29 is 19.0 Å². The Bertz CT molecular complexity index is 900. The molecule has 1 saturated heterocycles. The van der Waals surface area contributed by atoms with E-state index in [1.54, 1.807) is 6.21 Å². The third kappa shape index (κ3) is 7.88. The summed E-state index contributed by atoms with van der Waals surface area (Å²) in [6, 6.07) is 12.0. The van der Waals surface area contributed by atoms with E-state index in [-0.39, 0.29) is 5.91 Å². The molecule has 1 amide bonds. The van der Waals surface area contributed by atoms with Crippen LogP contribution in [0, 0.1) is 7.14 Å². The Morgan fingerprint density at radius 2 is 1.94 bits per heavy atom. The third-order valence-electron chi connectivity index (χ3n) is 4.50. The lowest BCUT2D eigenvalue weighted by molar-refractivity contribution is -0.123. The molecule has 2 aromatic rings. The molecule has 0 bridgehead atoms. The van der Waals surface area contributed by atoms with Gasteiger partial charge in [-0.3, -0.25) is 9.69 Å². The topological polar surface area (TPSA) is 72.4 Å². The van der Waals surface area contributed by atoms with Gasteiger partial charge in [0.25, 0.3) is 5.91 Å². The number of nitrogens with one attached hydrogen (secondary N) is 1. The van der Waals surface area contributed by atoms with Gasteiger partial charge in [0.05, 0.1) is 36.2 Å². The van der Waals surface area contributed by atoms with E-state index in [0.29, 0.717) is 44.5 Å². The minimum Gasteiger partial charge on any atom is -0.490 e. The summed E-state index contributed by atoms with van der Waals surface area (Å²) in [5, 5.41) is 4.10. The molecule has 7 nitrogen and oxygen atoms in total. The highest BCUT2D eigenvalue weighted by molar-refractivity contribution is 14.1. The van der Waals surface area contributed by atoms with E-state index in [9.17, 15) is 4.79 Å². The minimum atomic E-state index is -0.143. The predicted molar refractivity (Wildman–Crippen MR) is 137 cm³/mol. The second-order valence-corrected chi connectivity index (χ2v) is 9.27. The molecule has 0 aliphatic carbocycles. The summed E-state index contributed by atoms with van der Waals surface area (Å²) in [6.45, 7) is 6.06. The van der Waals surface area contributed by atoms with Crippen molar-refractivity contribution in [3.05, 3.63) is 54.7 Å². The first-order valence-corrected chi connectivity index (χ1v) is 12.2. The van der Waals surface area contributed by atoms with Crippen LogP contribution in [0.25, 0.3) is 0 Å². The van der Waals surface area contributed by atoms with Crippen molar-refractivity contribution in [2.75, 3.05) is 39.5 Å². The van der Waals surface area contributed by atoms with Gasteiger partial charge < -0.3 is 14.2 Å². The number of halogens is 2. The molecule has 9 heteroatoms. The maximum Gasteiger partial charge on any atom is 0.254 e. The van der Waals surface area contributed by atoms with Crippen molar-refractivity contribution in [2.45, 2.75) is 13.5 Å². The number of rotatable bonds is 9. The van der Waals surface area contributed by atoms with Crippen LogP contribution in [-0.2, 0) is 16.1 Å². The van der Waals surface area contributed by atoms with Crippen LogP contribution >= 0.6 is 45.2 Å². The Balaban J connectivity index is 1.62. The van der Waals surface area contributed by atoms with Crippen LogP contribution in [0.1, 0.15) is 18.1 Å². The zero-order chi connectivity index (χ0) is 22.1. The molecule has 3 rings (SSSR count). The van der Waals surface area contributed by atoms with Crippen LogP contribution in [-0.4, -0.2) is 56.5 Å². The molecular weight excluding hydrogens is 624 g/mol. The van der Waals surface area contributed by atoms with Gasteiger partial charge in [0.2, 0.25) is 0 Å². The number of nitrogens with zero attached hydrogens (tertiary/aromatic N) is 2. The van der Waals surface area contributed by atoms with E-state index in [4.69, 9.17) is 14.2 Å². The zero-order valence-corrected chi connectivity index (χ0v) is 21.6. The number of amides is 1. The Labute approximate surface area is 209 Å². The van der Waals surface area contributed by atoms with E-state index >= 15 is 0 Å². The van der Waals surface area contributed by atoms with Gasteiger partial charge in [-0.05, 0) is 87.5 Å². The number of carbonyl (C=O) groups is 1. The summed E-state index contributed by atoms with van der Waals surface area (Å²) < 4.78 is 19.3. The SMILES string of the molecule is CCOc1cc(/C=N/NC(=O)CN2CCOCC2)cc(I)c1OCc1ccc(I)cc1. The van der Waals surface area contributed by atoms with Gasteiger partial charge in [-0.1, -0.05) is 12.1 Å². The number of morpholine rings is 1. The fraction of sp³-hybridized carbons (Fsp3) is 0.364. The molecule has 166 valence electrons. The van der Waals surface area contributed by atoms with Crippen molar-refractivity contribution in [1.82, 2.24) is 10.3 Å². The Kier molecular flexibility index (Phi) is 9.81. The van der Waals surface area contributed by atoms with Gasteiger partial charge >= 0.3 is 0 Å². The highest BCUT2D eigenvalue weighted by atomic mass is 127. The standard InChI is InChI=1S/C22H25I2N3O4/c1-2-30-20-12-17(13-25-26-21(28)14-27-7-9-29-10-8-27)11-19(24)22(20)31-15-16-3-5-18(23)6-4-16/h3-6,11-13H,2,7-10,14-15H2,1H3,(H,26,28)/b25-13+. The second-order valence-electron chi connectivity index (χ2n) is 6.86. The fourth-order valence-electron chi connectivity index (χ4n) is 2.98. The number of hydrazone groups is 1. The van der Waals surface area contributed by atoms with E-state index in [1.165, 1.54) is 3.57 Å². The Hall–Kier alpha value is -1.44. The van der Waals surface area contributed by atoms with Gasteiger partial charge in [0.15, 0.2) is 11.5 Å². The average Bonchev–Trinajstić information content (AvgIpc) is 2.75. The smallest absolute Gasteiger partial charge is 0.254 e. The first-order valence-electron chi connectivity index (χ1n) is 10.0. The van der Waals surface area contributed by atoms with E-state index in [1.807, 2.05) is 24.0 Å². The van der Waals surface area contributed by atoms with Crippen LogP contribution in [0.5, 0.6) is 11.5 Å². The molecule has 0 spiro atoms. The monoisotopic (exact) mass is 649 g/mol. The molecule has 1 N–H and O–H groups in total. The molecular formula is C22H25I2N3O4. The number of benzene rings is 2. The second kappa shape index (κ2) is 12.6. The maximum atomic E-state index is 12.1. The van der Waals surface area contributed by atoms with Crippen molar-refractivity contribution in [3.63, 3.8) is 0 Å². The van der Waals surface area contributed by atoms with Crippen LogP contribution < -0.4 is 14.9 Å². The summed E-state index contributed by atoms with van der Waals surface area (Å²) >= 11 is 4.51. The third-order valence-corrected chi connectivity index (χ3v) is 6.02. The summed E-state index contributed by atoms with van der Waals surface area (Å²) in [7, 11) is 0. The lowest BCUT2D eigenvalue weighted by Crippen LogP contribution is -2.42. The molecule has 0 aromatic heterocycles. The number of ether oxygens (including phenoxy) is 3. The summed E-state index contributed by atoms with van der Waals surface area (Å²) in [5.41, 5.74) is 4.50. The lowest BCUT2D eigenvalue weighted by Gasteiger charge is -2.25. The van der Waals surface area contributed by atoms with Gasteiger partial charge in [0.1, 0.15) is 6.61 Å². The molecule has 0 unspecified atom stereocenters. The molecule has 0 radical (unpaired) electrons. The lowest BCUT2D eigenvalue weighted by atomic mass is 10.2. The number of hydrogen-bond donors (Lipinski definition) is 1. The highest BCUT2D eigenvalue weighted by Crippen LogP contribution is 2.34. The first kappa shape index (κ1) is 24.2. The average molecular weight is 649 g/mol. The van der Waals surface area contributed by atoms with Crippen molar-refractivity contribution >= 4 is 57.3 Å². The number of hydrogen-bond acceptors (Lipinski definition) is 6. The number of carbonyl (C=O) groups excluding carboxylic acids is 1. The van der Waals surface area contributed by atoms with Gasteiger partial charge in [-0.15, -0.1) is 0 Å². The van der Waals surface area contributed by atoms with Crippen molar-refractivity contribution in [3.8, 4) is 11.5 Å². The molecule has 31 heavy (non-hydrogen) atoms. The Morgan fingerprint density at radius 1 is 1.19 bits per heavy atom. The van der Waals surface area contributed by atoms with Crippen molar-refractivity contribution in [1.29, 1.82) is 0 Å².